The van der Waals surface area contributed by atoms with Gasteiger partial charge in [-0.2, -0.15) is 0 Å². The zero-order valence-electron chi connectivity index (χ0n) is 10.9. The normalized spacial score (nSPS) is 11.2. The molecule has 0 aliphatic carbocycles. The van der Waals surface area contributed by atoms with E-state index in [1.807, 2.05) is 30.3 Å². The van der Waals surface area contributed by atoms with E-state index in [9.17, 15) is 4.79 Å². The highest BCUT2D eigenvalue weighted by Crippen LogP contribution is 2.22. The third-order valence-electron chi connectivity index (χ3n) is 3.40. The van der Waals surface area contributed by atoms with Gasteiger partial charge in [0.2, 0.25) is 0 Å². The van der Waals surface area contributed by atoms with Gasteiger partial charge in [-0.1, -0.05) is 18.2 Å². The van der Waals surface area contributed by atoms with E-state index in [1.54, 1.807) is 12.1 Å². The summed E-state index contributed by atoms with van der Waals surface area (Å²) in [6, 6.07) is 13.0. The first-order valence-corrected chi connectivity index (χ1v) is 6.46. The summed E-state index contributed by atoms with van der Waals surface area (Å²) in [5.74, 6) is 0.720. The Hall–Kier alpha value is -3.15. The Morgan fingerprint density at radius 3 is 2.43 bits per heavy atom. The molecule has 0 saturated heterocycles. The highest BCUT2D eigenvalue weighted by molar-refractivity contribution is 6.04. The number of para-hydroxylation sites is 3. The molecular formula is C15H11N5O. The third kappa shape index (κ3) is 1.77. The maximum Gasteiger partial charge on any atom is 0.250 e. The molecule has 2 aromatic heterocycles. The molecule has 2 heterocycles. The van der Waals surface area contributed by atoms with E-state index in [1.165, 1.54) is 0 Å². The van der Waals surface area contributed by atoms with Crippen LogP contribution in [0.1, 0.15) is 10.4 Å². The Bertz CT molecular complexity index is 949. The smallest absolute Gasteiger partial charge is 0.250 e. The predicted octanol–water partition coefficient (Wildman–Crippen LogP) is 2.21. The number of carbonyl (C=O) groups is 1. The van der Waals surface area contributed by atoms with Gasteiger partial charge in [0.1, 0.15) is 0 Å². The van der Waals surface area contributed by atoms with E-state index in [0.717, 1.165) is 11.0 Å². The van der Waals surface area contributed by atoms with Crippen molar-refractivity contribution < 1.29 is 4.79 Å². The molecule has 6 nitrogen and oxygen atoms in total. The second kappa shape index (κ2) is 4.17. The largest absolute Gasteiger partial charge is 0.366 e. The molecule has 0 aliphatic rings. The van der Waals surface area contributed by atoms with Crippen molar-refractivity contribution >= 4 is 28.0 Å². The van der Waals surface area contributed by atoms with Crippen molar-refractivity contribution in [1.82, 2.24) is 19.9 Å². The lowest BCUT2D eigenvalue weighted by Gasteiger charge is -1.95. The number of nitrogens with one attached hydrogen (secondary N) is 2. The molecule has 1 amide bonds. The first kappa shape index (κ1) is 11.7. The second-order valence-corrected chi connectivity index (χ2v) is 4.75. The Balaban J connectivity index is 1.94. The molecule has 4 rings (SSSR count). The summed E-state index contributed by atoms with van der Waals surface area (Å²) in [6.45, 7) is 0. The van der Waals surface area contributed by atoms with Gasteiger partial charge in [0, 0.05) is 0 Å². The molecule has 0 bridgehead atoms. The number of H-pyrrole nitrogens is 2. The number of fused-ring (bicyclic) bond motifs is 2. The number of amides is 1. The molecule has 0 radical (unpaired) electrons. The maximum absolute atomic E-state index is 11.5. The highest BCUT2D eigenvalue weighted by Gasteiger charge is 2.13. The first-order chi connectivity index (χ1) is 10.2. The zero-order valence-corrected chi connectivity index (χ0v) is 10.9. The molecule has 0 unspecified atom stereocenters. The minimum absolute atomic E-state index is 0.419. The van der Waals surface area contributed by atoms with Crippen molar-refractivity contribution in [3.63, 3.8) is 0 Å². The van der Waals surface area contributed by atoms with Crippen LogP contribution in [0.5, 0.6) is 0 Å². The highest BCUT2D eigenvalue weighted by atomic mass is 16.1. The number of benzene rings is 2. The molecular weight excluding hydrogens is 266 g/mol. The van der Waals surface area contributed by atoms with Crippen LogP contribution in [0.3, 0.4) is 0 Å². The number of nitrogens with zero attached hydrogens (tertiary/aromatic N) is 2. The first-order valence-electron chi connectivity index (χ1n) is 6.46. The molecule has 21 heavy (non-hydrogen) atoms. The molecule has 0 aliphatic heterocycles. The molecule has 0 saturated carbocycles. The number of carbonyl (C=O) groups excluding carboxylic acids is 1. The van der Waals surface area contributed by atoms with Gasteiger partial charge in [-0.05, 0) is 24.3 Å². The topological polar surface area (TPSA) is 100 Å². The van der Waals surface area contributed by atoms with Gasteiger partial charge in [-0.3, -0.25) is 4.79 Å². The molecule has 2 aromatic carbocycles. The number of rotatable bonds is 2. The predicted molar refractivity (Wildman–Crippen MR) is 79.7 cm³/mol. The third-order valence-corrected chi connectivity index (χ3v) is 3.40. The zero-order chi connectivity index (χ0) is 14.4. The van der Waals surface area contributed by atoms with Crippen LogP contribution in [0.2, 0.25) is 0 Å². The molecule has 6 heteroatoms. The summed E-state index contributed by atoms with van der Waals surface area (Å²) in [5.41, 5.74) is 8.90. The number of aromatic nitrogens is 4. The van der Waals surface area contributed by atoms with Crippen molar-refractivity contribution in [2.75, 3.05) is 0 Å². The van der Waals surface area contributed by atoms with E-state index in [4.69, 9.17) is 5.73 Å². The Labute approximate surface area is 119 Å². The van der Waals surface area contributed by atoms with Gasteiger partial charge in [0.15, 0.2) is 11.6 Å². The van der Waals surface area contributed by atoms with Gasteiger partial charge >= 0.3 is 0 Å². The summed E-state index contributed by atoms with van der Waals surface area (Å²) in [6.07, 6.45) is 0. The lowest BCUT2D eigenvalue weighted by atomic mass is 10.2. The van der Waals surface area contributed by atoms with E-state index in [0.29, 0.717) is 28.2 Å². The van der Waals surface area contributed by atoms with Crippen molar-refractivity contribution in [3.8, 4) is 11.6 Å². The summed E-state index contributed by atoms with van der Waals surface area (Å²) in [7, 11) is 0. The fraction of sp³-hybridized carbons (Fsp3) is 0. The van der Waals surface area contributed by atoms with Crippen LogP contribution < -0.4 is 5.73 Å². The summed E-state index contributed by atoms with van der Waals surface area (Å²) in [5, 5.41) is 0. The average molecular weight is 277 g/mol. The van der Waals surface area contributed by atoms with Crippen LogP contribution in [0.15, 0.2) is 42.5 Å². The second-order valence-electron chi connectivity index (χ2n) is 4.75. The number of nitrogens with two attached hydrogens (primary N) is 1. The van der Waals surface area contributed by atoms with Gasteiger partial charge in [0.25, 0.3) is 5.91 Å². The van der Waals surface area contributed by atoms with Crippen LogP contribution >= 0.6 is 0 Å². The van der Waals surface area contributed by atoms with Gasteiger partial charge in [-0.15, -0.1) is 0 Å². The van der Waals surface area contributed by atoms with E-state index >= 15 is 0 Å². The van der Waals surface area contributed by atoms with Crippen LogP contribution in [0.25, 0.3) is 33.7 Å². The summed E-state index contributed by atoms with van der Waals surface area (Å²) in [4.78, 5) is 26.7. The monoisotopic (exact) mass is 277 g/mol. The standard InChI is InChI=1S/C15H11N5O/c16-13(21)8-4-3-7-11-12(8)20-15(19-11)14-17-9-5-1-2-6-10(9)18-14/h1-7H,(H2,16,21)(H,17,18)(H,19,20). The summed E-state index contributed by atoms with van der Waals surface area (Å²) >= 11 is 0. The SMILES string of the molecule is NC(=O)c1cccc2nc(-c3nc4ccccc4[nH]3)[nH]c12. The molecule has 4 N–H and O–H groups in total. The number of hydrogen-bond acceptors (Lipinski definition) is 3. The minimum atomic E-state index is -0.486. The van der Waals surface area contributed by atoms with Gasteiger partial charge < -0.3 is 15.7 Å². The average Bonchev–Trinajstić information content (AvgIpc) is 3.09. The van der Waals surface area contributed by atoms with Gasteiger partial charge in [0.05, 0.1) is 27.6 Å². The van der Waals surface area contributed by atoms with Crippen LogP contribution in [0.4, 0.5) is 0 Å². The molecule has 102 valence electrons. The summed E-state index contributed by atoms with van der Waals surface area (Å²) < 4.78 is 0. The Morgan fingerprint density at radius 2 is 1.62 bits per heavy atom. The lowest BCUT2D eigenvalue weighted by molar-refractivity contribution is 0.100. The van der Waals surface area contributed by atoms with Crippen LogP contribution in [-0.2, 0) is 0 Å². The van der Waals surface area contributed by atoms with E-state index in [2.05, 4.69) is 19.9 Å². The molecule has 0 fully saturated rings. The molecule has 0 atom stereocenters. The number of aromatic amines is 2. The quantitative estimate of drug-likeness (QED) is 0.523. The van der Waals surface area contributed by atoms with Crippen molar-refractivity contribution in [2.45, 2.75) is 0 Å². The Kier molecular flexibility index (Phi) is 2.32. The fourth-order valence-corrected chi connectivity index (χ4v) is 2.41. The number of primary amides is 1. The Morgan fingerprint density at radius 1 is 0.905 bits per heavy atom. The van der Waals surface area contributed by atoms with E-state index < -0.39 is 5.91 Å². The maximum atomic E-state index is 11.5. The van der Waals surface area contributed by atoms with Crippen molar-refractivity contribution in [1.29, 1.82) is 0 Å². The lowest BCUT2D eigenvalue weighted by Crippen LogP contribution is -2.11. The van der Waals surface area contributed by atoms with Crippen molar-refractivity contribution in [2.24, 2.45) is 5.73 Å². The molecule has 4 aromatic rings. The van der Waals surface area contributed by atoms with Crippen LogP contribution in [-0.4, -0.2) is 25.8 Å². The van der Waals surface area contributed by atoms with Gasteiger partial charge in [-0.25, -0.2) is 9.97 Å². The minimum Gasteiger partial charge on any atom is -0.366 e. The number of imidazole rings is 2. The molecule has 0 spiro atoms. The number of hydrogen-bond donors (Lipinski definition) is 3. The van der Waals surface area contributed by atoms with Crippen LogP contribution in [0, 0.1) is 0 Å². The van der Waals surface area contributed by atoms with E-state index in [-0.39, 0.29) is 0 Å². The fourth-order valence-electron chi connectivity index (χ4n) is 2.41. The van der Waals surface area contributed by atoms with Crippen molar-refractivity contribution in [3.05, 3.63) is 48.0 Å².